The molecule has 2 amide bonds. The first kappa shape index (κ1) is 17.2. The normalized spacial score (nSPS) is 17.6. The third kappa shape index (κ3) is 3.77. The van der Waals surface area contributed by atoms with Crippen molar-refractivity contribution in [2.75, 3.05) is 53.0 Å². The van der Waals surface area contributed by atoms with E-state index in [1.165, 1.54) is 21.3 Å². The molecule has 1 aliphatic heterocycles. The minimum atomic E-state index is -0.356. The number of carbonyl (C=O) groups is 1. The van der Waals surface area contributed by atoms with Gasteiger partial charge in [0.15, 0.2) is 11.5 Å². The third-order valence-corrected chi connectivity index (χ3v) is 3.62. The molecular formula is C15H22N2O6. The Morgan fingerprint density at radius 3 is 2.48 bits per heavy atom. The van der Waals surface area contributed by atoms with Crippen molar-refractivity contribution >= 4 is 11.7 Å². The lowest BCUT2D eigenvalue weighted by Crippen LogP contribution is -2.52. The summed E-state index contributed by atoms with van der Waals surface area (Å²) in [6.45, 7) is 1.03. The van der Waals surface area contributed by atoms with E-state index in [9.17, 15) is 9.90 Å². The van der Waals surface area contributed by atoms with Gasteiger partial charge in [0.05, 0.1) is 52.9 Å². The Morgan fingerprint density at radius 2 is 1.96 bits per heavy atom. The molecule has 0 radical (unpaired) electrons. The van der Waals surface area contributed by atoms with Crippen LogP contribution in [-0.2, 0) is 4.74 Å². The van der Waals surface area contributed by atoms with Gasteiger partial charge in [-0.25, -0.2) is 4.79 Å². The molecule has 0 bridgehead atoms. The smallest absolute Gasteiger partial charge is 0.322 e. The number of aliphatic hydroxyl groups is 1. The molecule has 1 aromatic rings. The Bertz CT molecular complexity index is 526. The summed E-state index contributed by atoms with van der Waals surface area (Å²) in [5, 5.41) is 12.1. The van der Waals surface area contributed by atoms with E-state index in [0.717, 1.165) is 0 Å². The van der Waals surface area contributed by atoms with E-state index < -0.39 is 0 Å². The van der Waals surface area contributed by atoms with E-state index in [2.05, 4.69) is 5.32 Å². The lowest BCUT2D eigenvalue weighted by Gasteiger charge is -2.34. The van der Waals surface area contributed by atoms with Gasteiger partial charge in [0, 0.05) is 18.7 Å². The fourth-order valence-corrected chi connectivity index (χ4v) is 2.42. The minimum Gasteiger partial charge on any atom is -0.493 e. The molecule has 8 heteroatoms. The maximum Gasteiger partial charge on any atom is 0.322 e. The lowest BCUT2D eigenvalue weighted by molar-refractivity contribution is -0.00485. The number of methoxy groups -OCH3 is 3. The van der Waals surface area contributed by atoms with Gasteiger partial charge in [-0.15, -0.1) is 0 Å². The summed E-state index contributed by atoms with van der Waals surface area (Å²) in [5.41, 5.74) is 0.507. The van der Waals surface area contributed by atoms with E-state index >= 15 is 0 Å². The van der Waals surface area contributed by atoms with Gasteiger partial charge in [-0.05, 0) is 0 Å². The van der Waals surface area contributed by atoms with Gasteiger partial charge in [-0.2, -0.15) is 0 Å². The van der Waals surface area contributed by atoms with Gasteiger partial charge >= 0.3 is 6.03 Å². The van der Waals surface area contributed by atoms with Crippen LogP contribution >= 0.6 is 0 Å². The Labute approximate surface area is 134 Å². The van der Waals surface area contributed by atoms with Crippen molar-refractivity contribution in [2.24, 2.45) is 0 Å². The van der Waals surface area contributed by atoms with Gasteiger partial charge in [0.25, 0.3) is 0 Å². The summed E-state index contributed by atoms with van der Waals surface area (Å²) in [4.78, 5) is 14.0. The molecule has 0 aromatic heterocycles. The molecule has 1 saturated heterocycles. The van der Waals surface area contributed by atoms with Crippen molar-refractivity contribution in [3.05, 3.63) is 12.1 Å². The van der Waals surface area contributed by atoms with E-state index in [4.69, 9.17) is 18.9 Å². The second kappa shape index (κ2) is 7.89. The quantitative estimate of drug-likeness (QED) is 0.837. The molecule has 0 aliphatic carbocycles. The molecule has 128 valence electrons. The highest BCUT2D eigenvalue weighted by Crippen LogP contribution is 2.40. The SMILES string of the molecule is COc1cc(NC(=O)N2CCOCC2CO)cc(OC)c1OC. The lowest BCUT2D eigenvalue weighted by atomic mass is 10.2. The highest BCUT2D eigenvalue weighted by atomic mass is 16.5. The first-order valence-electron chi connectivity index (χ1n) is 7.20. The summed E-state index contributed by atoms with van der Waals surface area (Å²) in [6.07, 6.45) is 0. The molecule has 1 heterocycles. The highest BCUT2D eigenvalue weighted by molar-refractivity contribution is 5.90. The van der Waals surface area contributed by atoms with Gasteiger partial charge in [-0.1, -0.05) is 0 Å². The number of hydrogen-bond acceptors (Lipinski definition) is 6. The molecule has 2 rings (SSSR count). The predicted molar refractivity (Wildman–Crippen MR) is 83.5 cm³/mol. The van der Waals surface area contributed by atoms with Crippen molar-refractivity contribution in [3.8, 4) is 17.2 Å². The second-order valence-electron chi connectivity index (χ2n) is 4.95. The Morgan fingerprint density at radius 1 is 1.30 bits per heavy atom. The molecule has 23 heavy (non-hydrogen) atoms. The highest BCUT2D eigenvalue weighted by Gasteiger charge is 2.27. The zero-order chi connectivity index (χ0) is 16.8. The van der Waals surface area contributed by atoms with Gasteiger partial charge in [0.2, 0.25) is 5.75 Å². The summed E-state index contributed by atoms with van der Waals surface area (Å²) >= 11 is 0. The minimum absolute atomic E-state index is 0.150. The average Bonchev–Trinajstić information content (AvgIpc) is 2.60. The molecule has 1 fully saturated rings. The molecule has 8 nitrogen and oxygen atoms in total. The topological polar surface area (TPSA) is 89.5 Å². The zero-order valence-electron chi connectivity index (χ0n) is 13.5. The van der Waals surface area contributed by atoms with Gasteiger partial charge < -0.3 is 34.3 Å². The number of rotatable bonds is 5. The molecule has 0 spiro atoms. The summed E-state index contributed by atoms with van der Waals surface area (Å²) in [6, 6.07) is 2.62. The van der Waals surface area contributed by atoms with Gasteiger partial charge in [0.1, 0.15) is 0 Å². The first-order valence-corrected chi connectivity index (χ1v) is 7.20. The zero-order valence-corrected chi connectivity index (χ0v) is 13.5. The Hall–Kier alpha value is -2.19. The predicted octanol–water partition coefficient (Wildman–Crippen LogP) is 0.937. The Kier molecular flexibility index (Phi) is 5.89. The summed E-state index contributed by atoms with van der Waals surface area (Å²) in [7, 11) is 4.53. The van der Waals surface area contributed by atoms with Crippen LogP contribution in [0.4, 0.5) is 10.5 Å². The largest absolute Gasteiger partial charge is 0.493 e. The third-order valence-electron chi connectivity index (χ3n) is 3.62. The van der Waals surface area contributed by atoms with Crippen LogP contribution in [-0.4, -0.2) is 69.8 Å². The van der Waals surface area contributed by atoms with Crippen LogP contribution < -0.4 is 19.5 Å². The number of urea groups is 1. The molecule has 1 aliphatic rings. The van der Waals surface area contributed by atoms with Crippen LogP contribution in [0.25, 0.3) is 0 Å². The summed E-state index contributed by atoms with van der Waals surface area (Å²) < 4.78 is 21.0. The van der Waals surface area contributed by atoms with Crippen LogP contribution in [0.1, 0.15) is 0 Å². The first-order chi connectivity index (χ1) is 11.1. The number of amides is 2. The van der Waals surface area contributed by atoms with Crippen molar-refractivity contribution in [3.63, 3.8) is 0 Å². The van der Waals surface area contributed by atoms with Crippen LogP contribution in [0.15, 0.2) is 12.1 Å². The number of nitrogens with zero attached hydrogens (tertiary/aromatic N) is 1. The maximum atomic E-state index is 12.4. The number of anilines is 1. The van der Waals surface area contributed by atoms with Crippen LogP contribution in [0, 0.1) is 0 Å². The fraction of sp³-hybridized carbons (Fsp3) is 0.533. The van der Waals surface area contributed by atoms with E-state index in [1.807, 2.05) is 0 Å². The van der Waals surface area contributed by atoms with Crippen LogP contribution in [0.2, 0.25) is 0 Å². The number of aliphatic hydroxyl groups excluding tert-OH is 1. The number of benzene rings is 1. The van der Waals surface area contributed by atoms with E-state index in [1.54, 1.807) is 17.0 Å². The molecule has 1 aromatic carbocycles. The van der Waals surface area contributed by atoms with Gasteiger partial charge in [-0.3, -0.25) is 0 Å². The molecule has 1 unspecified atom stereocenters. The number of nitrogens with one attached hydrogen (secondary N) is 1. The summed E-state index contributed by atoms with van der Waals surface area (Å²) in [5.74, 6) is 1.35. The number of ether oxygens (including phenoxy) is 4. The second-order valence-corrected chi connectivity index (χ2v) is 4.95. The van der Waals surface area contributed by atoms with Crippen LogP contribution in [0.5, 0.6) is 17.2 Å². The van der Waals surface area contributed by atoms with E-state index in [0.29, 0.717) is 42.7 Å². The standard InChI is InChI=1S/C15H22N2O6/c1-20-12-6-10(7-13(21-2)14(12)22-3)16-15(19)17-4-5-23-9-11(17)8-18/h6-7,11,18H,4-5,8-9H2,1-3H3,(H,16,19). The number of carbonyl (C=O) groups excluding carboxylic acids is 1. The number of morpholine rings is 1. The van der Waals surface area contributed by atoms with Crippen LogP contribution in [0.3, 0.4) is 0 Å². The number of hydrogen-bond donors (Lipinski definition) is 2. The van der Waals surface area contributed by atoms with E-state index in [-0.39, 0.29) is 18.7 Å². The van der Waals surface area contributed by atoms with Crippen molar-refractivity contribution < 1.29 is 28.8 Å². The fourth-order valence-electron chi connectivity index (χ4n) is 2.42. The monoisotopic (exact) mass is 326 g/mol. The van der Waals surface area contributed by atoms with Crippen molar-refractivity contribution in [2.45, 2.75) is 6.04 Å². The molecular weight excluding hydrogens is 304 g/mol. The Balaban J connectivity index is 2.20. The van der Waals surface area contributed by atoms with Crippen molar-refractivity contribution in [1.29, 1.82) is 0 Å². The molecule has 1 atom stereocenters. The maximum absolute atomic E-state index is 12.4. The van der Waals surface area contributed by atoms with Crippen molar-refractivity contribution in [1.82, 2.24) is 4.90 Å². The molecule has 2 N–H and O–H groups in total. The molecule has 0 saturated carbocycles. The average molecular weight is 326 g/mol.